The van der Waals surface area contributed by atoms with Crippen molar-refractivity contribution in [1.82, 2.24) is 0 Å². The van der Waals surface area contributed by atoms with Crippen LogP contribution in [0.15, 0.2) is 42.5 Å². The maximum absolute atomic E-state index is 12.4. The lowest BCUT2D eigenvalue weighted by Gasteiger charge is -2.09. The summed E-state index contributed by atoms with van der Waals surface area (Å²) < 4.78 is 0. The van der Waals surface area contributed by atoms with Crippen LogP contribution in [0.4, 0.5) is 0 Å². The summed E-state index contributed by atoms with van der Waals surface area (Å²) in [6.07, 6.45) is 0. The van der Waals surface area contributed by atoms with Crippen LogP contribution < -0.4 is 0 Å². The number of rotatable bonds is 4. The molecule has 0 aliphatic heterocycles. The van der Waals surface area contributed by atoms with Crippen molar-refractivity contribution in [2.75, 3.05) is 0 Å². The fraction of sp³-hybridized carbons (Fsp3) is 0. The number of carboxylic acid groups (broad SMARTS) is 2. The maximum Gasteiger partial charge on any atom is 0.337 e. The Hall–Kier alpha value is -2.66. The van der Waals surface area contributed by atoms with Crippen molar-refractivity contribution in [3.8, 4) is 0 Å². The van der Waals surface area contributed by atoms with Gasteiger partial charge in [-0.1, -0.05) is 35.9 Å². The van der Waals surface area contributed by atoms with Gasteiger partial charge in [-0.2, -0.15) is 0 Å². The van der Waals surface area contributed by atoms with Crippen LogP contribution in [0, 0.1) is 0 Å². The predicted octanol–water partition coefficient (Wildman–Crippen LogP) is 2.97. The summed E-state index contributed by atoms with van der Waals surface area (Å²) in [7, 11) is 0. The van der Waals surface area contributed by atoms with Crippen LogP contribution in [0.2, 0.25) is 5.02 Å². The second kappa shape index (κ2) is 5.76. The first-order valence-corrected chi connectivity index (χ1v) is 6.20. The standard InChI is InChI=1S/C15H9ClO5/c16-11-7-2-1-4-8(11)13(17)9-5-3-6-10(14(18)19)12(9)15(20)21/h1-7H,(H,18,19)(H,20,21). The van der Waals surface area contributed by atoms with Crippen molar-refractivity contribution < 1.29 is 24.6 Å². The Kier molecular flexibility index (Phi) is 4.05. The molecule has 0 heterocycles. The Bertz CT molecular complexity index is 751. The average Bonchev–Trinajstić information content (AvgIpc) is 2.46. The van der Waals surface area contributed by atoms with Gasteiger partial charge in [0.05, 0.1) is 16.1 Å². The smallest absolute Gasteiger partial charge is 0.337 e. The Morgan fingerprint density at radius 3 is 1.90 bits per heavy atom. The Morgan fingerprint density at radius 1 is 0.762 bits per heavy atom. The molecular formula is C15H9ClO5. The Labute approximate surface area is 124 Å². The number of carboxylic acids is 2. The van der Waals surface area contributed by atoms with Gasteiger partial charge in [-0.05, 0) is 18.2 Å². The molecule has 2 N–H and O–H groups in total. The molecule has 2 aromatic carbocycles. The molecule has 2 aromatic rings. The molecule has 0 saturated heterocycles. The Morgan fingerprint density at radius 2 is 1.33 bits per heavy atom. The topological polar surface area (TPSA) is 91.7 Å². The van der Waals surface area contributed by atoms with E-state index in [1.54, 1.807) is 12.1 Å². The van der Waals surface area contributed by atoms with E-state index in [0.29, 0.717) is 0 Å². The van der Waals surface area contributed by atoms with Crippen molar-refractivity contribution in [2.24, 2.45) is 0 Å². The molecule has 0 radical (unpaired) electrons. The molecule has 0 unspecified atom stereocenters. The lowest BCUT2D eigenvalue weighted by atomic mass is 9.94. The third-order valence-corrected chi connectivity index (χ3v) is 3.20. The molecule has 5 nitrogen and oxygen atoms in total. The van der Waals surface area contributed by atoms with E-state index in [1.165, 1.54) is 24.3 Å². The molecule has 0 bridgehead atoms. The number of ketones is 1. The van der Waals surface area contributed by atoms with Crippen molar-refractivity contribution in [2.45, 2.75) is 0 Å². The number of halogens is 1. The van der Waals surface area contributed by atoms with E-state index in [1.807, 2.05) is 0 Å². The molecule has 0 amide bonds. The van der Waals surface area contributed by atoms with Gasteiger partial charge >= 0.3 is 11.9 Å². The minimum absolute atomic E-state index is 0.115. The minimum Gasteiger partial charge on any atom is -0.478 e. The van der Waals surface area contributed by atoms with Crippen LogP contribution in [0.3, 0.4) is 0 Å². The van der Waals surface area contributed by atoms with Crippen LogP contribution in [0.1, 0.15) is 36.6 Å². The van der Waals surface area contributed by atoms with Gasteiger partial charge in [-0.3, -0.25) is 4.79 Å². The molecule has 0 atom stereocenters. The third-order valence-electron chi connectivity index (χ3n) is 2.87. The van der Waals surface area contributed by atoms with Crippen LogP contribution >= 0.6 is 11.6 Å². The third kappa shape index (κ3) is 2.78. The van der Waals surface area contributed by atoms with E-state index >= 15 is 0 Å². The van der Waals surface area contributed by atoms with Crippen molar-refractivity contribution in [3.63, 3.8) is 0 Å². The highest BCUT2D eigenvalue weighted by Gasteiger charge is 2.25. The normalized spacial score (nSPS) is 10.1. The van der Waals surface area contributed by atoms with Gasteiger partial charge in [0.2, 0.25) is 0 Å². The summed E-state index contributed by atoms with van der Waals surface area (Å²) >= 11 is 5.92. The highest BCUT2D eigenvalue weighted by atomic mass is 35.5. The number of carbonyl (C=O) groups excluding carboxylic acids is 1. The zero-order valence-electron chi connectivity index (χ0n) is 10.5. The van der Waals surface area contributed by atoms with Gasteiger partial charge in [-0.15, -0.1) is 0 Å². The summed E-state index contributed by atoms with van der Waals surface area (Å²) in [4.78, 5) is 34.8. The van der Waals surface area contributed by atoms with Crippen LogP contribution in [-0.2, 0) is 0 Å². The van der Waals surface area contributed by atoms with Gasteiger partial charge in [0.15, 0.2) is 5.78 Å². The first kappa shape index (κ1) is 14.7. The van der Waals surface area contributed by atoms with E-state index < -0.39 is 28.8 Å². The molecule has 0 saturated carbocycles. The van der Waals surface area contributed by atoms with Crippen LogP contribution in [0.5, 0.6) is 0 Å². The molecule has 0 aliphatic rings. The summed E-state index contributed by atoms with van der Waals surface area (Å²) in [5, 5.41) is 18.4. The average molecular weight is 305 g/mol. The van der Waals surface area contributed by atoms with Gasteiger partial charge in [0.1, 0.15) is 0 Å². The largest absolute Gasteiger partial charge is 0.478 e. The van der Waals surface area contributed by atoms with Gasteiger partial charge in [-0.25, -0.2) is 9.59 Å². The lowest BCUT2D eigenvalue weighted by molar-refractivity contribution is 0.0649. The molecular weight excluding hydrogens is 296 g/mol. The highest BCUT2D eigenvalue weighted by Crippen LogP contribution is 2.23. The molecule has 0 spiro atoms. The first-order chi connectivity index (χ1) is 9.93. The highest BCUT2D eigenvalue weighted by molar-refractivity contribution is 6.35. The summed E-state index contributed by atoms with van der Waals surface area (Å²) in [6, 6.07) is 9.88. The fourth-order valence-corrected chi connectivity index (χ4v) is 2.16. The minimum atomic E-state index is -1.48. The monoisotopic (exact) mass is 304 g/mol. The van der Waals surface area contributed by atoms with Crippen molar-refractivity contribution >= 4 is 29.3 Å². The second-order valence-corrected chi connectivity index (χ2v) is 4.55. The van der Waals surface area contributed by atoms with Crippen LogP contribution in [0.25, 0.3) is 0 Å². The van der Waals surface area contributed by atoms with E-state index in [-0.39, 0.29) is 16.1 Å². The number of aromatic carboxylic acids is 2. The Balaban J connectivity index is 2.67. The second-order valence-electron chi connectivity index (χ2n) is 4.15. The SMILES string of the molecule is O=C(O)c1cccc(C(=O)c2ccccc2Cl)c1C(=O)O. The van der Waals surface area contributed by atoms with Crippen molar-refractivity contribution in [3.05, 3.63) is 69.7 Å². The molecule has 0 fully saturated rings. The molecule has 0 aliphatic carbocycles. The van der Waals surface area contributed by atoms with Gasteiger partial charge in [0, 0.05) is 11.1 Å². The molecule has 2 rings (SSSR count). The lowest BCUT2D eigenvalue weighted by Crippen LogP contribution is -2.15. The van der Waals surface area contributed by atoms with E-state index in [2.05, 4.69) is 0 Å². The number of hydrogen-bond acceptors (Lipinski definition) is 3. The zero-order valence-corrected chi connectivity index (χ0v) is 11.3. The zero-order chi connectivity index (χ0) is 15.6. The molecule has 106 valence electrons. The summed E-state index contributed by atoms with van der Waals surface area (Å²) in [6.45, 7) is 0. The quantitative estimate of drug-likeness (QED) is 0.847. The predicted molar refractivity (Wildman–Crippen MR) is 75.2 cm³/mol. The van der Waals surface area contributed by atoms with Gasteiger partial charge in [0.25, 0.3) is 0 Å². The summed E-state index contributed by atoms with van der Waals surface area (Å²) in [5.74, 6) is -3.54. The van der Waals surface area contributed by atoms with E-state index in [0.717, 1.165) is 6.07 Å². The first-order valence-electron chi connectivity index (χ1n) is 5.82. The van der Waals surface area contributed by atoms with E-state index in [4.69, 9.17) is 16.7 Å². The summed E-state index contributed by atoms with van der Waals surface area (Å²) in [5.41, 5.74) is -1.09. The number of hydrogen-bond donors (Lipinski definition) is 2. The number of carbonyl (C=O) groups is 3. The molecule has 0 aromatic heterocycles. The van der Waals surface area contributed by atoms with Gasteiger partial charge < -0.3 is 10.2 Å². The molecule has 6 heteroatoms. The molecule has 21 heavy (non-hydrogen) atoms. The van der Waals surface area contributed by atoms with Crippen LogP contribution in [-0.4, -0.2) is 27.9 Å². The van der Waals surface area contributed by atoms with E-state index in [9.17, 15) is 19.5 Å². The van der Waals surface area contributed by atoms with Crippen molar-refractivity contribution in [1.29, 1.82) is 0 Å². The number of benzene rings is 2. The fourth-order valence-electron chi connectivity index (χ4n) is 1.94. The maximum atomic E-state index is 12.4.